The van der Waals surface area contributed by atoms with Gasteiger partial charge < -0.3 is 5.32 Å². The summed E-state index contributed by atoms with van der Waals surface area (Å²) in [4.78, 5) is 0. The van der Waals surface area contributed by atoms with Gasteiger partial charge in [0.25, 0.3) is 0 Å². The third kappa shape index (κ3) is 4.61. The second-order valence-electron chi connectivity index (χ2n) is 3.48. The van der Waals surface area contributed by atoms with Gasteiger partial charge in [-0.3, -0.25) is 0 Å². The van der Waals surface area contributed by atoms with E-state index in [-0.39, 0.29) is 17.1 Å². The molecule has 1 aliphatic heterocycles. The molecule has 1 heterocycles. The van der Waals surface area contributed by atoms with Crippen molar-refractivity contribution >= 4 is 15.9 Å². The Balaban J connectivity index is 0.000000230. The molecule has 0 fully saturated rings. The van der Waals surface area contributed by atoms with Crippen molar-refractivity contribution in [3.8, 4) is 0 Å². The Morgan fingerprint density at radius 3 is 2.11 bits per heavy atom. The molecule has 1 aromatic rings. The molecule has 0 aromatic heterocycles. The largest absolute Gasteiger partial charge is 2.00 e. The van der Waals surface area contributed by atoms with Crippen LogP contribution in [-0.2, 0) is 17.1 Å². The molecular formula is C15H12BrFeN. The zero-order valence-corrected chi connectivity index (χ0v) is 12.3. The quantitative estimate of drug-likeness (QED) is 0.360. The molecule has 0 amide bonds. The van der Waals surface area contributed by atoms with E-state index >= 15 is 0 Å². The SMILES string of the molecule is BrC1=CC=CC(=C2C=CC=C2)[N-]1.[Fe+2].c1cc[cH-]c1. The molecule has 0 atom stereocenters. The Morgan fingerprint density at radius 1 is 0.944 bits per heavy atom. The van der Waals surface area contributed by atoms with Crippen LogP contribution in [0.5, 0.6) is 0 Å². The average molecular weight is 342 g/mol. The molecule has 2 aliphatic rings. The van der Waals surface area contributed by atoms with Crippen molar-refractivity contribution in [1.82, 2.24) is 0 Å². The summed E-state index contributed by atoms with van der Waals surface area (Å²) < 4.78 is 0.876. The number of rotatable bonds is 0. The Kier molecular flexibility index (Phi) is 6.66. The van der Waals surface area contributed by atoms with Crippen molar-refractivity contribution in [2.75, 3.05) is 0 Å². The van der Waals surface area contributed by atoms with Crippen molar-refractivity contribution in [1.29, 1.82) is 0 Å². The summed E-state index contributed by atoms with van der Waals surface area (Å²) in [5.41, 5.74) is 2.17. The van der Waals surface area contributed by atoms with Crippen LogP contribution in [0.25, 0.3) is 5.32 Å². The number of hydrogen-bond acceptors (Lipinski definition) is 0. The Morgan fingerprint density at radius 2 is 1.61 bits per heavy atom. The molecule has 0 unspecified atom stereocenters. The third-order valence-electron chi connectivity index (χ3n) is 2.23. The summed E-state index contributed by atoms with van der Waals surface area (Å²) in [5.74, 6) is 0. The molecule has 3 rings (SSSR count). The first-order valence-corrected chi connectivity index (χ1v) is 6.17. The maximum Gasteiger partial charge on any atom is 2.00 e. The minimum absolute atomic E-state index is 0. The van der Waals surface area contributed by atoms with E-state index in [1.54, 1.807) is 0 Å². The van der Waals surface area contributed by atoms with Crippen LogP contribution in [0.15, 0.2) is 88.7 Å². The van der Waals surface area contributed by atoms with Gasteiger partial charge >= 0.3 is 17.1 Å². The zero-order chi connectivity index (χ0) is 11.9. The second-order valence-corrected chi connectivity index (χ2v) is 4.29. The van der Waals surface area contributed by atoms with Crippen LogP contribution in [-0.4, -0.2) is 0 Å². The zero-order valence-electron chi connectivity index (χ0n) is 9.61. The summed E-state index contributed by atoms with van der Waals surface area (Å²) in [6.07, 6.45) is 14.0. The van der Waals surface area contributed by atoms with Crippen LogP contribution >= 0.6 is 15.9 Å². The van der Waals surface area contributed by atoms with Gasteiger partial charge in [-0.25, -0.2) is 12.1 Å². The van der Waals surface area contributed by atoms with E-state index in [1.807, 2.05) is 60.7 Å². The van der Waals surface area contributed by atoms with Crippen molar-refractivity contribution in [2.24, 2.45) is 0 Å². The molecule has 0 spiro atoms. The second kappa shape index (κ2) is 8.04. The topological polar surface area (TPSA) is 14.1 Å². The van der Waals surface area contributed by atoms with Crippen LogP contribution in [0, 0.1) is 0 Å². The van der Waals surface area contributed by atoms with Gasteiger partial charge in [0.15, 0.2) is 0 Å². The van der Waals surface area contributed by atoms with E-state index in [0.717, 1.165) is 15.9 Å². The number of halogens is 1. The van der Waals surface area contributed by atoms with Gasteiger partial charge in [-0.05, 0) is 5.57 Å². The fourth-order valence-corrected chi connectivity index (χ4v) is 1.78. The average Bonchev–Trinajstić information content (AvgIpc) is 3.06. The monoisotopic (exact) mass is 341 g/mol. The van der Waals surface area contributed by atoms with Gasteiger partial charge in [-0.15, -0.1) is 5.70 Å². The normalized spacial score (nSPS) is 15.5. The van der Waals surface area contributed by atoms with E-state index in [2.05, 4.69) is 33.4 Å². The van der Waals surface area contributed by atoms with Crippen molar-refractivity contribution in [3.05, 3.63) is 94.1 Å². The van der Waals surface area contributed by atoms with Gasteiger partial charge in [0, 0.05) is 0 Å². The fourth-order valence-electron chi connectivity index (χ4n) is 1.43. The smallest absolute Gasteiger partial charge is 0.651 e. The Hall–Kier alpha value is -1.15. The summed E-state index contributed by atoms with van der Waals surface area (Å²) in [5, 5.41) is 4.33. The predicted molar refractivity (Wildman–Crippen MR) is 76.9 cm³/mol. The van der Waals surface area contributed by atoms with Gasteiger partial charge in [-0.2, -0.15) is 18.2 Å². The first-order valence-electron chi connectivity index (χ1n) is 5.37. The molecule has 3 heteroatoms. The Bertz CT molecular complexity index is 473. The first kappa shape index (κ1) is 14.9. The van der Waals surface area contributed by atoms with E-state index in [4.69, 9.17) is 0 Å². The van der Waals surface area contributed by atoms with Gasteiger partial charge in [-0.1, -0.05) is 63.1 Å². The molecule has 1 aromatic carbocycles. The maximum absolute atomic E-state index is 4.33. The molecule has 1 nitrogen and oxygen atoms in total. The third-order valence-corrected chi connectivity index (χ3v) is 2.67. The molecule has 1 aliphatic carbocycles. The van der Waals surface area contributed by atoms with Gasteiger partial charge in [0.05, 0.1) is 0 Å². The van der Waals surface area contributed by atoms with E-state index < -0.39 is 0 Å². The van der Waals surface area contributed by atoms with E-state index in [0.29, 0.717) is 0 Å². The predicted octanol–water partition coefficient (Wildman–Crippen LogP) is 4.95. The standard InChI is InChI=1S/C10H7BrN.C5H5.Fe/c11-10-7-3-6-9(12-10)8-4-1-2-5-8;1-2-4-5-3-1;/h1-7H;1-5H;/q2*-1;+2. The summed E-state index contributed by atoms with van der Waals surface area (Å²) in [7, 11) is 0. The van der Waals surface area contributed by atoms with Gasteiger partial charge in [0.2, 0.25) is 0 Å². The summed E-state index contributed by atoms with van der Waals surface area (Å²) in [6, 6.07) is 10.0. The van der Waals surface area contributed by atoms with Crippen LogP contribution in [0.1, 0.15) is 0 Å². The van der Waals surface area contributed by atoms with Crippen LogP contribution in [0.3, 0.4) is 0 Å². The molecule has 0 N–H and O–H groups in total. The number of hydrogen-bond donors (Lipinski definition) is 0. The number of nitrogens with zero attached hydrogens (tertiary/aromatic N) is 1. The fraction of sp³-hybridized carbons (Fsp3) is 0. The van der Waals surface area contributed by atoms with Crippen LogP contribution in [0.2, 0.25) is 0 Å². The molecule has 0 saturated carbocycles. The molecule has 0 radical (unpaired) electrons. The maximum atomic E-state index is 4.33. The molecule has 0 bridgehead atoms. The minimum Gasteiger partial charge on any atom is -0.651 e. The summed E-state index contributed by atoms with van der Waals surface area (Å²) in [6.45, 7) is 0. The van der Waals surface area contributed by atoms with Crippen LogP contribution < -0.4 is 0 Å². The van der Waals surface area contributed by atoms with E-state index in [9.17, 15) is 0 Å². The van der Waals surface area contributed by atoms with Crippen LogP contribution in [0.4, 0.5) is 0 Å². The first-order chi connectivity index (χ1) is 8.36. The van der Waals surface area contributed by atoms with Crippen molar-refractivity contribution in [3.63, 3.8) is 0 Å². The molecular weight excluding hydrogens is 330 g/mol. The molecule has 0 saturated heterocycles. The Labute approximate surface area is 127 Å². The number of allylic oxidation sites excluding steroid dienone is 8. The summed E-state index contributed by atoms with van der Waals surface area (Å²) >= 11 is 3.34. The van der Waals surface area contributed by atoms with Gasteiger partial charge in [0.1, 0.15) is 0 Å². The van der Waals surface area contributed by atoms with Crippen molar-refractivity contribution in [2.45, 2.75) is 0 Å². The van der Waals surface area contributed by atoms with Crippen molar-refractivity contribution < 1.29 is 17.1 Å². The minimum atomic E-state index is 0. The van der Waals surface area contributed by atoms with E-state index in [1.165, 1.54) is 0 Å². The molecule has 18 heavy (non-hydrogen) atoms. The molecule has 92 valence electrons.